The van der Waals surface area contributed by atoms with Gasteiger partial charge in [-0.15, -0.1) is 0 Å². The van der Waals surface area contributed by atoms with Crippen molar-refractivity contribution in [3.63, 3.8) is 0 Å². The van der Waals surface area contributed by atoms with Crippen molar-refractivity contribution < 1.29 is 14.3 Å². The van der Waals surface area contributed by atoms with Crippen molar-refractivity contribution in [2.45, 2.75) is 25.4 Å². The van der Waals surface area contributed by atoms with Gasteiger partial charge in [-0.05, 0) is 42.7 Å². The molecule has 0 radical (unpaired) electrons. The summed E-state index contributed by atoms with van der Waals surface area (Å²) in [6.07, 6.45) is 1.54. The first-order chi connectivity index (χ1) is 12.2. The van der Waals surface area contributed by atoms with Gasteiger partial charge in [0.25, 0.3) is 5.91 Å². The lowest BCUT2D eigenvalue weighted by Crippen LogP contribution is -2.45. The Morgan fingerprint density at radius 2 is 1.84 bits per heavy atom. The Morgan fingerprint density at radius 3 is 2.52 bits per heavy atom. The number of nitrogens with one attached hydrogen (secondary N) is 1. The van der Waals surface area contributed by atoms with Gasteiger partial charge >= 0.3 is 0 Å². The third kappa shape index (κ3) is 3.99. The molecule has 1 heterocycles. The van der Waals surface area contributed by atoms with E-state index in [9.17, 15) is 9.59 Å². The summed E-state index contributed by atoms with van der Waals surface area (Å²) in [4.78, 5) is 26.9. The highest BCUT2D eigenvalue weighted by molar-refractivity contribution is 5.98. The van der Waals surface area contributed by atoms with E-state index in [0.717, 1.165) is 12.0 Å². The van der Waals surface area contributed by atoms with E-state index in [1.165, 1.54) is 0 Å². The van der Waals surface area contributed by atoms with Gasteiger partial charge < -0.3 is 15.0 Å². The number of carbonyl (C=O) groups excluding carboxylic acids is 2. The van der Waals surface area contributed by atoms with E-state index in [0.29, 0.717) is 30.8 Å². The zero-order valence-corrected chi connectivity index (χ0v) is 14.3. The van der Waals surface area contributed by atoms with Gasteiger partial charge in [-0.1, -0.05) is 30.3 Å². The fourth-order valence-corrected chi connectivity index (χ4v) is 3.08. The van der Waals surface area contributed by atoms with Gasteiger partial charge in [0.15, 0.2) is 0 Å². The molecule has 2 aromatic rings. The van der Waals surface area contributed by atoms with Crippen molar-refractivity contribution in [2.75, 3.05) is 13.7 Å². The Bertz CT molecular complexity index is 728. The quantitative estimate of drug-likeness (QED) is 0.912. The Hall–Kier alpha value is -2.82. The monoisotopic (exact) mass is 338 g/mol. The Kier molecular flexibility index (Phi) is 5.33. The number of nitrogens with zero attached hydrogens (tertiary/aromatic N) is 1. The minimum Gasteiger partial charge on any atom is -0.497 e. The highest BCUT2D eigenvalue weighted by atomic mass is 16.5. The molecule has 5 heteroatoms. The molecule has 130 valence electrons. The average molecular weight is 338 g/mol. The van der Waals surface area contributed by atoms with Crippen LogP contribution < -0.4 is 10.1 Å². The summed E-state index contributed by atoms with van der Waals surface area (Å²) in [6.45, 7) is 1.08. The van der Waals surface area contributed by atoms with Gasteiger partial charge in [-0.3, -0.25) is 9.59 Å². The Morgan fingerprint density at radius 1 is 1.12 bits per heavy atom. The van der Waals surface area contributed by atoms with E-state index >= 15 is 0 Å². The maximum absolute atomic E-state index is 12.7. The lowest BCUT2D eigenvalue weighted by atomic mass is 10.1. The molecule has 1 fully saturated rings. The first-order valence-corrected chi connectivity index (χ1v) is 8.45. The summed E-state index contributed by atoms with van der Waals surface area (Å²) in [6, 6.07) is 16.3. The summed E-state index contributed by atoms with van der Waals surface area (Å²) in [5.41, 5.74) is 1.62. The molecule has 1 N–H and O–H groups in total. The number of rotatable bonds is 5. The third-order valence-corrected chi connectivity index (χ3v) is 4.46. The average Bonchev–Trinajstić information content (AvgIpc) is 3.16. The maximum Gasteiger partial charge on any atom is 0.254 e. The van der Waals surface area contributed by atoms with Crippen LogP contribution in [0.3, 0.4) is 0 Å². The zero-order valence-electron chi connectivity index (χ0n) is 14.3. The van der Waals surface area contributed by atoms with Crippen LogP contribution in [0.25, 0.3) is 0 Å². The third-order valence-electron chi connectivity index (χ3n) is 4.46. The van der Waals surface area contributed by atoms with Crippen LogP contribution in [0.2, 0.25) is 0 Å². The van der Waals surface area contributed by atoms with Gasteiger partial charge in [0.2, 0.25) is 5.91 Å². The fourth-order valence-electron chi connectivity index (χ4n) is 3.08. The zero-order chi connectivity index (χ0) is 17.6. The molecule has 0 spiro atoms. The smallest absolute Gasteiger partial charge is 0.254 e. The van der Waals surface area contributed by atoms with Crippen molar-refractivity contribution >= 4 is 11.8 Å². The Balaban J connectivity index is 1.64. The van der Waals surface area contributed by atoms with Crippen molar-refractivity contribution in [2.24, 2.45) is 0 Å². The van der Waals surface area contributed by atoms with E-state index in [1.54, 1.807) is 36.3 Å². The molecule has 0 saturated carbocycles. The van der Waals surface area contributed by atoms with Crippen molar-refractivity contribution in [3.05, 3.63) is 65.7 Å². The summed E-state index contributed by atoms with van der Waals surface area (Å²) in [5.74, 6) is 0.498. The number of carbonyl (C=O) groups is 2. The molecule has 5 nitrogen and oxygen atoms in total. The van der Waals surface area contributed by atoms with Gasteiger partial charge in [0.1, 0.15) is 11.8 Å². The minimum absolute atomic E-state index is 0.0942. The molecular weight excluding hydrogens is 316 g/mol. The second kappa shape index (κ2) is 7.83. The highest BCUT2D eigenvalue weighted by Crippen LogP contribution is 2.21. The van der Waals surface area contributed by atoms with Crippen LogP contribution in [-0.2, 0) is 11.3 Å². The van der Waals surface area contributed by atoms with Gasteiger partial charge in [-0.25, -0.2) is 0 Å². The topological polar surface area (TPSA) is 58.6 Å². The molecule has 2 aromatic carbocycles. The number of benzene rings is 2. The molecule has 25 heavy (non-hydrogen) atoms. The Labute approximate surface area is 147 Å². The number of hydrogen-bond donors (Lipinski definition) is 1. The summed E-state index contributed by atoms with van der Waals surface area (Å²) >= 11 is 0. The van der Waals surface area contributed by atoms with Crippen molar-refractivity contribution in [1.82, 2.24) is 10.2 Å². The second-order valence-electron chi connectivity index (χ2n) is 6.09. The van der Waals surface area contributed by atoms with Crippen LogP contribution in [0.4, 0.5) is 0 Å². The summed E-state index contributed by atoms with van der Waals surface area (Å²) in [7, 11) is 1.59. The van der Waals surface area contributed by atoms with Crippen LogP contribution >= 0.6 is 0 Å². The van der Waals surface area contributed by atoms with Crippen LogP contribution in [0.5, 0.6) is 5.75 Å². The molecule has 0 aliphatic carbocycles. The minimum atomic E-state index is -0.404. The molecule has 0 aromatic heterocycles. The molecule has 1 saturated heterocycles. The molecule has 0 unspecified atom stereocenters. The van der Waals surface area contributed by atoms with Crippen LogP contribution in [0.15, 0.2) is 54.6 Å². The molecule has 0 bridgehead atoms. The molecule has 2 amide bonds. The normalized spacial score (nSPS) is 16.5. The number of likely N-dealkylation sites (tertiary alicyclic amines) is 1. The van der Waals surface area contributed by atoms with Gasteiger partial charge in [0.05, 0.1) is 7.11 Å². The van der Waals surface area contributed by atoms with Gasteiger partial charge in [0, 0.05) is 18.7 Å². The lowest BCUT2D eigenvalue weighted by Gasteiger charge is -2.24. The van der Waals surface area contributed by atoms with E-state index in [4.69, 9.17) is 4.74 Å². The van der Waals surface area contributed by atoms with Gasteiger partial charge in [-0.2, -0.15) is 0 Å². The predicted molar refractivity (Wildman–Crippen MR) is 95.3 cm³/mol. The second-order valence-corrected chi connectivity index (χ2v) is 6.09. The van der Waals surface area contributed by atoms with E-state index in [-0.39, 0.29) is 11.8 Å². The molecule has 3 rings (SSSR count). The van der Waals surface area contributed by atoms with Crippen LogP contribution in [0.1, 0.15) is 28.8 Å². The van der Waals surface area contributed by atoms with E-state index in [2.05, 4.69) is 5.32 Å². The van der Waals surface area contributed by atoms with E-state index in [1.807, 2.05) is 30.3 Å². The summed E-state index contributed by atoms with van der Waals surface area (Å²) in [5, 5.41) is 2.94. The SMILES string of the molecule is COc1ccc(C(=O)N2CCC[C@@H]2C(=O)NCc2ccccc2)cc1. The number of amides is 2. The maximum atomic E-state index is 12.7. The predicted octanol–water partition coefficient (Wildman–Crippen LogP) is 2.62. The van der Waals surface area contributed by atoms with Crippen molar-refractivity contribution in [1.29, 1.82) is 0 Å². The standard InChI is InChI=1S/C20H22N2O3/c1-25-17-11-9-16(10-12-17)20(24)22-13-5-8-18(22)19(23)21-14-15-6-3-2-4-7-15/h2-4,6-7,9-12,18H,5,8,13-14H2,1H3,(H,21,23)/t18-/m1/s1. The lowest BCUT2D eigenvalue weighted by molar-refractivity contribution is -0.125. The number of hydrogen-bond acceptors (Lipinski definition) is 3. The fraction of sp³-hybridized carbons (Fsp3) is 0.300. The molecule has 1 atom stereocenters. The molecule has 1 aliphatic rings. The van der Waals surface area contributed by atoms with Crippen LogP contribution in [0, 0.1) is 0 Å². The number of ether oxygens (including phenoxy) is 1. The van der Waals surface area contributed by atoms with E-state index < -0.39 is 6.04 Å². The van der Waals surface area contributed by atoms with Crippen LogP contribution in [-0.4, -0.2) is 36.4 Å². The molecule has 1 aliphatic heterocycles. The van der Waals surface area contributed by atoms with Crippen molar-refractivity contribution in [3.8, 4) is 5.75 Å². The number of methoxy groups -OCH3 is 1. The summed E-state index contributed by atoms with van der Waals surface area (Å²) < 4.78 is 5.12. The first kappa shape index (κ1) is 17.0. The molecular formula is C20H22N2O3. The largest absolute Gasteiger partial charge is 0.497 e. The highest BCUT2D eigenvalue weighted by Gasteiger charge is 2.34. The first-order valence-electron chi connectivity index (χ1n) is 8.45.